The molecule has 4 aromatic rings. The number of rotatable bonds is 31. The number of aryl methyl sites for hydroxylation is 4. The molecule has 0 aliphatic carbocycles. The lowest BCUT2D eigenvalue weighted by Crippen LogP contribution is -2.36. The van der Waals surface area contributed by atoms with Crippen LogP contribution in [0, 0.1) is 27.7 Å². The average Bonchev–Trinajstić information content (AvgIpc) is 3.94. The van der Waals surface area contributed by atoms with E-state index < -0.39 is 0 Å². The molecule has 2 aliphatic rings. The molecule has 2 unspecified atom stereocenters. The maximum Gasteiger partial charge on any atom is 0.170 e. The SMILES string of the molecule is CCCCCCCCCCCCCCCCC1(C)CCc2c(c(C)c(C)c3oc(-c4cc5c6c(c(C)c(C)c5o4)OC(C)(CCCCCCCCCCCCCCCC)CC6)cc23)O1. The van der Waals surface area contributed by atoms with E-state index >= 15 is 0 Å². The van der Waals surface area contributed by atoms with Gasteiger partial charge < -0.3 is 18.3 Å². The van der Waals surface area contributed by atoms with Crippen molar-refractivity contribution in [2.45, 2.75) is 285 Å². The van der Waals surface area contributed by atoms with Crippen LogP contribution in [0.1, 0.15) is 267 Å². The highest BCUT2D eigenvalue weighted by Crippen LogP contribution is 2.49. The summed E-state index contributed by atoms with van der Waals surface area (Å²) < 4.78 is 27.5. The molecule has 0 amide bonds. The van der Waals surface area contributed by atoms with E-state index in [0.29, 0.717) is 0 Å². The van der Waals surface area contributed by atoms with Crippen molar-refractivity contribution < 1.29 is 18.3 Å². The predicted octanol–water partition coefficient (Wildman–Crippen LogP) is 20.0. The minimum atomic E-state index is -0.112. The Morgan fingerprint density at radius 1 is 0.391 bits per heavy atom. The van der Waals surface area contributed by atoms with Crippen molar-refractivity contribution in [2.24, 2.45) is 0 Å². The number of furan rings is 2. The second-order valence-corrected chi connectivity index (χ2v) is 21.6. The summed E-state index contributed by atoms with van der Waals surface area (Å²) in [5, 5.41) is 2.37. The van der Waals surface area contributed by atoms with E-state index in [9.17, 15) is 0 Å². The molecule has 4 heteroatoms. The largest absolute Gasteiger partial charge is 0.487 e. The molecule has 2 aliphatic heterocycles. The van der Waals surface area contributed by atoms with Crippen LogP contribution >= 0.6 is 0 Å². The zero-order chi connectivity index (χ0) is 45.4. The maximum atomic E-state index is 7.02. The topological polar surface area (TPSA) is 44.7 Å². The predicted molar refractivity (Wildman–Crippen MR) is 275 cm³/mol. The molecule has 0 saturated heterocycles. The summed E-state index contributed by atoms with van der Waals surface area (Å²) in [5.41, 5.74) is 9.12. The number of benzene rings is 2. The Labute approximate surface area is 392 Å². The molecule has 2 aromatic heterocycles. The lowest BCUT2D eigenvalue weighted by Gasteiger charge is -2.37. The van der Waals surface area contributed by atoms with E-state index in [1.54, 1.807) is 0 Å². The quantitative estimate of drug-likeness (QED) is 0.0473. The minimum absolute atomic E-state index is 0.112. The fourth-order valence-electron chi connectivity index (χ4n) is 11.3. The van der Waals surface area contributed by atoms with E-state index in [-0.39, 0.29) is 11.2 Å². The molecule has 0 radical (unpaired) electrons. The van der Waals surface area contributed by atoms with Crippen LogP contribution in [0.3, 0.4) is 0 Å². The molecular weight excluding hydrogens is 785 g/mol. The summed E-state index contributed by atoms with van der Waals surface area (Å²) in [7, 11) is 0. The highest BCUT2D eigenvalue weighted by atomic mass is 16.5. The number of hydrogen-bond acceptors (Lipinski definition) is 4. The number of unbranched alkanes of at least 4 members (excludes halogenated alkanes) is 26. The summed E-state index contributed by atoms with van der Waals surface area (Å²) in [6.45, 7) is 18.1. The molecule has 4 nitrogen and oxygen atoms in total. The van der Waals surface area contributed by atoms with Gasteiger partial charge in [-0.1, -0.05) is 181 Å². The second kappa shape index (κ2) is 25.3. The normalized spacial score (nSPS) is 18.4. The molecule has 0 saturated carbocycles. The molecule has 0 N–H and O–H groups in total. The molecule has 2 aromatic carbocycles. The van der Waals surface area contributed by atoms with E-state index in [0.717, 1.165) is 72.7 Å². The third-order valence-corrected chi connectivity index (χ3v) is 16.0. The smallest absolute Gasteiger partial charge is 0.170 e. The van der Waals surface area contributed by atoms with Gasteiger partial charge in [-0.25, -0.2) is 0 Å². The molecule has 64 heavy (non-hydrogen) atoms. The Kier molecular flexibility index (Phi) is 20.0. The fraction of sp³-hybridized carbons (Fsp3) is 0.733. The lowest BCUT2D eigenvalue weighted by molar-refractivity contribution is 0.0527. The van der Waals surface area contributed by atoms with Crippen LogP contribution in [-0.4, -0.2) is 11.2 Å². The van der Waals surface area contributed by atoms with Crippen molar-refractivity contribution in [1.82, 2.24) is 0 Å². The van der Waals surface area contributed by atoms with Gasteiger partial charge in [0.05, 0.1) is 0 Å². The van der Waals surface area contributed by atoms with E-state index in [1.165, 1.54) is 224 Å². The van der Waals surface area contributed by atoms with Gasteiger partial charge in [0.1, 0.15) is 33.9 Å². The van der Waals surface area contributed by atoms with Crippen LogP contribution in [0.25, 0.3) is 33.5 Å². The highest BCUT2D eigenvalue weighted by molar-refractivity contribution is 5.94. The van der Waals surface area contributed by atoms with Gasteiger partial charge in [0.2, 0.25) is 0 Å². The third kappa shape index (κ3) is 13.6. The van der Waals surface area contributed by atoms with Crippen LogP contribution < -0.4 is 9.47 Å². The molecule has 358 valence electrons. The van der Waals surface area contributed by atoms with E-state index in [1.807, 2.05) is 0 Å². The number of hydrogen-bond donors (Lipinski definition) is 0. The van der Waals surface area contributed by atoms with Gasteiger partial charge in [-0.05, 0) is 127 Å². The van der Waals surface area contributed by atoms with Gasteiger partial charge in [-0.15, -0.1) is 0 Å². The summed E-state index contributed by atoms with van der Waals surface area (Å²) in [4.78, 5) is 0. The first-order valence-corrected chi connectivity index (χ1v) is 27.6. The summed E-state index contributed by atoms with van der Waals surface area (Å²) in [6, 6.07) is 4.47. The molecule has 2 atom stereocenters. The minimum Gasteiger partial charge on any atom is -0.487 e. The van der Waals surface area contributed by atoms with Crippen LogP contribution in [0.15, 0.2) is 21.0 Å². The van der Waals surface area contributed by atoms with Gasteiger partial charge in [0, 0.05) is 21.9 Å². The summed E-state index contributed by atoms with van der Waals surface area (Å²) in [5.74, 6) is 3.80. The van der Waals surface area contributed by atoms with Gasteiger partial charge in [-0.3, -0.25) is 0 Å². The number of ether oxygens (including phenoxy) is 2. The lowest BCUT2D eigenvalue weighted by atomic mass is 9.85. The fourth-order valence-corrected chi connectivity index (χ4v) is 11.3. The van der Waals surface area contributed by atoms with Crippen LogP contribution in [0.5, 0.6) is 11.5 Å². The monoisotopic (exact) mass is 879 g/mol. The van der Waals surface area contributed by atoms with Crippen molar-refractivity contribution in [3.8, 4) is 23.0 Å². The molecule has 0 bridgehead atoms. The van der Waals surface area contributed by atoms with Crippen LogP contribution in [0.4, 0.5) is 0 Å². The first-order chi connectivity index (χ1) is 31.1. The van der Waals surface area contributed by atoms with Gasteiger partial charge in [0.25, 0.3) is 0 Å². The third-order valence-electron chi connectivity index (χ3n) is 16.0. The number of fused-ring (bicyclic) bond motifs is 6. The van der Waals surface area contributed by atoms with Gasteiger partial charge in [-0.2, -0.15) is 0 Å². The molecule has 0 spiro atoms. The van der Waals surface area contributed by atoms with E-state index in [2.05, 4.69) is 67.5 Å². The first kappa shape index (κ1) is 50.5. The van der Waals surface area contributed by atoms with Crippen molar-refractivity contribution in [3.63, 3.8) is 0 Å². The Morgan fingerprint density at radius 3 is 0.969 bits per heavy atom. The Hall–Kier alpha value is -2.88. The molecule has 0 fully saturated rings. The van der Waals surface area contributed by atoms with Crippen molar-refractivity contribution >= 4 is 21.9 Å². The maximum absolute atomic E-state index is 7.02. The highest BCUT2D eigenvalue weighted by Gasteiger charge is 2.36. The van der Waals surface area contributed by atoms with Gasteiger partial charge >= 0.3 is 0 Å². The first-order valence-electron chi connectivity index (χ1n) is 27.6. The van der Waals surface area contributed by atoms with Crippen LogP contribution in [-0.2, 0) is 12.8 Å². The zero-order valence-corrected chi connectivity index (χ0v) is 42.8. The van der Waals surface area contributed by atoms with Crippen molar-refractivity contribution in [3.05, 3.63) is 45.5 Å². The Morgan fingerprint density at radius 2 is 0.672 bits per heavy atom. The standard InChI is InChI=1S/C60H94O4/c1-9-11-13-15-17-19-21-23-25-27-29-31-33-35-39-59(7)41-37-49-51-43-53(61-55(51)45(3)47(5)57(49)63-59)54-44-52-50-38-42-60(8,64-58(50)48(6)46(4)56(52)62-54)40-36-34-32-30-28-26-24-22-20-18-16-14-12-10-2/h43-44H,9-42H2,1-8H3. The average molecular weight is 879 g/mol. The Balaban J connectivity index is 0.989. The zero-order valence-electron chi connectivity index (χ0n) is 42.8. The molecule has 4 heterocycles. The summed E-state index contributed by atoms with van der Waals surface area (Å²) in [6.07, 6.45) is 45.4. The van der Waals surface area contributed by atoms with Crippen molar-refractivity contribution in [1.29, 1.82) is 0 Å². The van der Waals surface area contributed by atoms with Gasteiger partial charge in [0.15, 0.2) is 11.5 Å². The molecular formula is C60H94O4. The Bertz CT molecular complexity index is 1870. The van der Waals surface area contributed by atoms with E-state index in [4.69, 9.17) is 18.3 Å². The van der Waals surface area contributed by atoms with Crippen LogP contribution in [0.2, 0.25) is 0 Å². The molecule has 6 rings (SSSR count). The second-order valence-electron chi connectivity index (χ2n) is 21.6. The van der Waals surface area contributed by atoms with Crippen molar-refractivity contribution in [2.75, 3.05) is 0 Å². The summed E-state index contributed by atoms with van der Waals surface area (Å²) >= 11 is 0.